The fourth-order valence-corrected chi connectivity index (χ4v) is 2.65. The lowest BCUT2D eigenvalue weighted by Crippen LogP contribution is -2.39. The van der Waals surface area contributed by atoms with Gasteiger partial charge in [0.15, 0.2) is 17.5 Å². The zero-order valence-electron chi connectivity index (χ0n) is 16.1. The highest BCUT2D eigenvalue weighted by Gasteiger charge is 2.18. The van der Waals surface area contributed by atoms with E-state index >= 15 is 0 Å². The van der Waals surface area contributed by atoms with Gasteiger partial charge in [0.1, 0.15) is 5.75 Å². The van der Waals surface area contributed by atoms with Crippen LogP contribution in [0.2, 0.25) is 0 Å². The number of ether oxygens (including phenoxy) is 1. The molecular formula is C20H22F3N3O3. The largest absolute Gasteiger partial charge is 0.497 e. The Morgan fingerprint density at radius 1 is 1.00 bits per heavy atom. The molecule has 0 radical (unpaired) electrons. The molecule has 29 heavy (non-hydrogen) atoms. The van der Waals surface area contributed by atoms with E-state index in [1.165, 1.54) is 7.11 Å². The van der Waals surface area contributed by atoms with Crippen LogP contribution in [0.4, 0.5) is 24.5 Å². The maximum Gasteiger partial charge on any atom is 0.238 e. The zero-order valence-corrected chi connectivity index (χ0v) is 16.1. The highest BCUT2D eigenvalue weighted by molar-refractivity contribution is 5.94. The summed E-state index contributed by atoms with van der Waals surface area (Å²) in [4.78, 5) is 26.0. The lowest BCUT2D eigenvalue weighted by molar-refractivity contribution is -0.120. The molecule has 156 valence electrons. The lowest BCUT2D eigenvalue weighted by atomic mass is 10.2. The highest BCUT2D eigenvalue weighted by atomic mass is 19.2. The van der Waals surface area contributed by atoms with Crippen molar-refractivity contribution in [1.82, 2.24) is 4.90 Å². The molecule has 0 aliphatic heterocycles. The Labute approximate surface area is 166 Å². The van der Waals surface area contributed by atoms with Crippen molar-refractivity contribution >= 4 is 23.2 Å². The summed E-state index contributed by atoms with van der Waals surface area (Å²) in [6.07, 6.45) is 0.666. The van der Waals surface area contributed by atoms with Crippen LogP contribution in [0.15, 0.2) is 36.4 Å². The van der Waals surface area contributed by atoms with Crippen molar-refractivity contribution < 1.29 is 27.5 Å². The van der Waals surface area contributed by atoms with Crippen molar-refractivity contribution in [3.8, 4) is 5.75 Å². The number of hydrogen-bond donors (Lipinski definition) is 2. The highest BCUT2D eigenvalue weighted by Crippen LogP contribution is 2.19. The molecule has 0 fully saturated rings. The Morgan fingerprint density at radius 2 is 1.69 bits per heavy atom. The van der Waals surface area contributed by atoms with Crippen molar-refractivity contribution in [3.63, 3.8) is 0 Å². The molecular weight excluding hydrogens is 387 g/mol. The van der Waals surface area contributed by atoms with Crippen molar-refractivity contribution in [1.29, 1.82) is 0 Å². The molecule has 0 heterocycles. The summed E-state index contributed by atoms with van der Waals surface area (Å²) in [6.45, 7) is 2.00. The summed E-state index contributed by atoms with van der Waals surface area (Å²) in [5.41, 5.74) is 0.0743. The van der Waals surface area contributed by atoms with Gasteiger partial charge in [0, 0.05) is 11.8 Å². The first kappa shape index (κ1) is 22.2. The molecule has 2 aromatic rings. The number of rotatable bonds is 9. The normalized spacial score (nSPS) is 10.7. The predicted molar refractivity (Wildman–Crippen MR) is 103 cm³/mol. The van der Waals surface area contributed by atoms with E-state index in [4.69, 9.17) is 4.74 Å². The summed E-state index contributed by atoms with van der Waals surface area (Å²) >= 11 is 0. The van der Waals surface area contributed by atoms with E-state index in [9.17, 15) is 22.8 Å². The molecule has 0 aliphatic carbocycles. The molecule has 2 rings (SSSR count). The van der Waals surface area contributed by atoms with Crippen molar-refractivity contribution in [2.75, 3.05) is 37.4 Å². The Hall–Kier alpha value is -3.07. The smallest absolute Gasteiger partial charge is 0.238 e. The fourth-order valence-electron chi connectivity index (χ4n) is 2.65. The average molecular weight is 409 g/mol. The molecule has 2 aromatic carbocycles. The van der Waals surface area contributed by atoms with Crippen molar-refractivity contribution in [3.05, 3.63) is 53.8 Å². The average Bonchev–Trinajstić information content (AvgIpc) is 2.68. The first-order valence-corrected chi connectivity index (χ1v) is 8.93. The second-order valence-electron chi connectivity index (χ2n) is 6.26. The lowest BCUT2D eigenvalue weighted by Gasteiger charge is -2.20. The molecule has 0 spiro atoms. The van der Waals surface area contributed by atoms with E-state index < -0.39 is 29.0 Å². The van der Waals surface area contributed by atoms with Crippen LogP contribution >= 0.6 is 0 Å². The number of carbonyl (C=O) groups excluding carboxylic acids is 2. The van der Waals surface area contributed by atoms with E-state index in [1.807, 2.05) is 6.92 Å². The van der Waals surface area contributed by atoms with Gasteiger partial charge in [0.2, 0.25) is 11.8 Å². The SMILES string of the molecule is CCCN(CC(=O)Nc1cccc(OC)c1)CC(=O)Nc1ccc(F)c(F)c1F. The molecule has 0 bridgehead atoms. The third-order valence-electron chi connectivity index (χ3n) is 3.94. The second-order valence-corrected chi connectivity index (χ2v) is 6.26. The molecule has 9 heteroatoms. The molecule has 0 atom stereocenters. The Kier molecular flexibility index (Phi) is 8.02. The van der Waals surface area contributed by atoms with Crippen molar-refractivity contribution in [2.45, 2.75) is 13.3 Å². The van der Waals surface area contributed by atoms with Gasteiger partial charge in [0.25, 0.3) is 0 Å². The standard InChI is InChI=1S/C20H22F3N3O3/c1-3-9-26(11-17(27)24-13-5-4-6-14(10-13)29-2)12-18(28)25-16-8-7-15(21)19(22)20(16)23/h4-8,10H,3,9,11-12H2,1-2H3,(H,24,27)(H,25,28). The molecule has 0 aliphatic rings. The van der Waals surface area contributed by atoms with Crippen LogP contribution in [-0.4, -0.2) is 43.5 Å². The number of methoxy groups -OCH3 is 1. The van der Waals surface area contributed by atoms with E-state index in [2.05, 4.69) is 10.6 Å². The van der Waals surface area contributed by atoms with E-state index in [0.717, 1.165) is 12.1 Å². The Bertz CT molecular complexity index is 877. The number of halogens is 3. The first-order valence-electron chi connectivity index (χ1n) is 8.93. The monoisotopic (exact) mass is 409 g/mol. The summed E-state index contributed by atoms with van der Waals surface area (Å²) in [7, 11) is 1.51. The maximum atomic E-state index is 13.7. The minimum atomic E-state index is -1.66. The molecule has 2 N–H and O–H groups in total. The quantitative estimate of drug-likeness (QED) is 0.623. The van der Waals surface area contributed by atoms with Crippen molar-refractivity contribution in [2.24, 2.45) is 0 Å². The number of nitrogens with one attached hydrogen (secondary N) is 2. The van der Waals surface area contributed by atoms with E-state index in [0.29, 0.717) is 24.4 Å². The van der Waals surface area contributed by atoms with E-state index in [1.54, 1.807) is 29.2 Å². The van der Waals surface area contributed by atoms with Gasteiger partial charge in [-0.15, -0.1) is 0 Å². The maximum absolute atomic E-state index is 13.7. The summed E-state index contributed by atoms with van der Waals surface area (Å²) in [6, 6.07) is 8.47. The molecule has 0 unspecified atom stereocenters. The Morgan fingerprint density at radius 3 is 2.34 bits per heavy atom. The molecule has 0 saturated heterocycles. The number of hydrogen-bond acceptors (Lipinski definition) is 4. The van der Waals surface area contributed by atoms with Gasteiger partial charge in [-0.2, -0.15) is 0 Å². The molecule has 0 aromatic heterocycles. The number of nitrogens with zero attached hydrogens (tertiary/aromatic N) is 1. The van der Waals surface area contributed by atoms with Gasteiger partial charge in [-0.25, -0.2) is 13.2 Å². The summed E-state index contributed by atoms with van der Waals surface area (Å²) in [5.74, 6) is -4.90. The third kappa shape index (κ3) is 6.49. The predicted octanol–water partition coefficient (Wildman–Crippen LogP) is 3.40. The van der Waals surface area contributed by atoms with Crippen LogP contribution in [0.3, 0.4) is 0 Å². The zero-order chi connectivity index (χ0) is 21.4. The number of amides is 2. The van der Waals surface area contributed by atoms with Gasteiger partial charge >= 0.3 is 0 Å². The second kappa shape index (κ2) is 10.5. The third-order valence-corrected chi connectivity index (χ3v) is 3.94. The van der Waals surface area contributed by atoms with Crippen LogP contribution in [0, 0.1) is 17.5 Å². The van der Waals surface area contributed by atoms with Crippen LogP contribution in [0.1, 0.15) is 13.3 Å². The first-order chi connectivity index (χ1) is 13.8. The van der Waals surface area contributed by atoms with Gasteiger partial charge in [0.05, 0.1) is 25.9 Å². The van der Waals surface area contributed by atoms with E-state index in [-0.39, 0.29) is 19.0 Å². The Balaban J connectivity index is 1.97. The van der Waals surface area contributed by atoms with Crippen LogP contribution < -0.4 is 15.4 Å². The van der Waals surface area contributed by atoms with Gasteiger partial charge in [-0.1, -0.05) is 13.0 Å². The number of benzene rings is 2. The minimum absolute atomic E-state index is 0.0846. The summed E-state index contributed by atoms with van der Waals surface area (Å²) < 4.78 is 45.1. The topological polar surface area (TPSA) is 70.7 Å². The van der Waals surface area contributed by atoms with Gasteiger partial charge < -0.3 is 15.4 Å². The number of anilines is 2. The summed E-state index contributed by atoms with van der Waals surface area (Å²) in [5, 5.41) is 4.90. The minimum Gasteiger partial charge on any atom is -0.497 e. The molecule has 0 saturated carbocycles. The van der Waals surface area contributed by atoms with Crippen LogP contribution in [0.25, 0.3) is 0 Å². The fraction of sp³-hybridized carbons (Fsp3) is 0.300. The molecule has 2 amide bonds. The van der Waals surface area contributed by atoms with Crippen LogP contribution in [-0.2, 0) is 9.59 Å². The molecule has 6 nitrogen and oxygen atoms in total. The number of carbonyl (C=O) groups is 2. The van der Waals surface area contributed by atoms with Gasteiger partial charge in [-0.3, -0.25) is 14.5 Å². The van der Waals surface area contributed by atoms with Crippen LogP contribution in [0.5, 0.6) is 5.75 Å². The van der Waals surface area contributed by atoms with Gasteiger partial charge in [-0.05, 0) is 37.2 Å².